The second kappa shape index (κ2) is 20.5. The number of nitriles is 1. The van der Waals surface area contributed by atoms with E-state index in [0.717, 1.165) is 17.3 Å². The number of benzene rings is 8. The third-order valence-electron chi connectivity index (χ3n) is 11.8. The van der Waals surface area contributed by atoms with E-state index in [9.17, 15) is 57.9 Å². The van der Waals surface area contributed by atoms with Crippen molar-refractivity contribution < 1.29 is 87.8 Å². The van der Waals surface area contributed by atoms with Gasteiger partial charge in [0.1, 0.15) is 75.9 Å². The molecule has 0 aliphatic rings. The molecule has 0 heterocycles. The lowest BCUT2D eigenvalue weighted by atomic mass is 9.12. The van der Waals surface area contributed by atoms with Gasteiger partial charge in [0.25, 0.3) is 0 Å². The molecular formula is C50H21BF20NP. The second-order valence-corrected chi connectivity index (χ2v) is 19.0. The van der Waals surface area contributed by atoms with Gasteiger partial charge in [-0.15, -0.1) is 21.9 Å². The van der Waals surface area contributed by atoms with Gasteiger partial charge in [0.15, 0.2) is 69.8 Å². The highest BCUT2D eigenvalue weighted by Gasteiger charge is 2.52. The summed E-state index contributed by atoms with van der Waals surface area (Å²) in [6.45, 7) is 0. The molecule has 0 unspecified atom stereocenters. The van der Waals surface area contributed by atoms with Gasteiger partial charge in [-0.1, -0.05) is 72.8 Å². The molecule has 0 N–H and O–H groups in total. The first kappa shape index (κ1) is 53.2. The largest absolute Gasteiger partial charge is 0.207 e. The first-order valence-corrected chi connectivity index (χ1v) is 22.3. The number of hydrogen-bond acceptors (Lipinski definition) is 1. The predicted molar refractivity (Wildman–Crippen MR) is 229 cm³/mol. The molecule has 0 spiro atoms. The van der Waals surface area contributed by atoms with Crippen molar-refractivity contribution in [2.24, 2.45) is 0 Å². The number of hydrogen-bond donors (Lipinski definition) is 0. The molecule has 0 saturated carbocycles. The normalized spacial score (nSPS) is 11.6. The topological polar surface area (TPSA) is 23.8 Å². The summed E-state index contributed by atoms with van der Waals surface area (Å²) in [6, 6.07) is 42.7. The molecular weight excluding hydrogens is 1040 g/mol. The summed E-state index contributed by atoms with van der Waals surface area (Å²) in [5.41, 5.74) is -12.5. The Kier molecular flexibility index (Phi) is 14.9. The van der Waals surface area contributed by atoms with E-state index in [2.05, 4.69) is 103 Å². The van der Waals surface area contributed by atoms with Crippen LogP contribution in [0.15, 0.2) is 115 Å². The summed E-state index contributed by atoms with van der Waals surface area (Å²) < 4.78 is 294. The average Bonchev–Trinajstić information content (AvgIpc) is 3.41. The maximum absolute atomic E-state index is 15.4. The minimum atomic E-state index is -7.22. The SMILES string of the molecule is Fc1c(F)c(F)c([B-](c2c(F)c(F)c(F)c(F)c2F)(c2c(F)c(F)c(F)c(F)c2F)c2c(F)c(F)c(F)c(F)c2F)c(F)c1F.N#Cc1ccccc1C[P+](c1ccccc1)(c1ccccc1)c1ccccc1. The minimum Gasteiger partial charge on any atom is -0.207 e. The fourth-order valence-electron chi connectivity index (χ4n) is 8.67. The van der Waals surface area contributed by atoms with Crippen LogP contribution in [0.1, 0.15) is 11.1 Å². The fraction of sp³-hybridized carbons (Fsp3) is 0.0200. The van der Waals surface area contributed by atoms with Crippen LogP contribution in [0.25, 0.3) is 0 Å². The van der Waals surface area contributed by atoms with Gasteiger partial charge in [0.2, 0.25) is 0 Å². The molecule has 0 aliphatic carbocycles. The maximum Gasteiger partial charge on any atom is 0.200 e. The van der Waals surface area contributed by atoms with Crippen molar-refractivity contribution in [2.75, 3.05) is 0 Å². The summed E-state index contributed by atoms with van der Waals surface area (Å²) in [5.74, 6) is -71.4. The molecule has 0 atom stereocenters. The Morgan fingerprint density at radius 2 is 0.493 bits per heavy atom. The van der Waals surface area contributed by atoms with Gasteiger partial charge in [0.05, 0.1) is 17.8 Å². The maximum atomic E-state index is 15.4. The Morgan fingerprint density at radius 1 is 0.288 bits per heavy atom. The monoisotopic (exact) mass is 1060 g/mol. The minimum absolute atomic E-state index is 0.759. The first-order chi connectivity index (χ1) is 34.5. The Morgan fingerprint density at radius 3 is 0.726 bits per heavy atom. The molecule has 0 aliphatic heterocycles. The zero-order chi connectivity index (χ0) is 53.6. The Bertz CT molecular complexity index is 3020. The highest BCUT2D eigenvalue weighted by molar-refractivity contribution is 7.95. The molecule has 0 fully saturated rings. The standard InChI is InChI=1S/C26H21NP.C24BF20/c27-20-22-12-10-11-13-23(22)21-28(24-14-4-1-5-15-24,25-16-6-2-7-17-25)26-18-8-3-9-19-26;26-5-1(6(27)14(35)21(42)13(5)34)25(2-7(28)15(36)22(43)16(37)8(2)29,3-9(30)17(38)23(44)18(39)10(3)31)4-11(32)19(40)24(45)20(41)12(4)33/h1-19H,21H2;/q+1;-1. The lowest BCUT2D eigenvalue weighted by molar-refractivity contribution is 0.378. The molecule has 374 valence electrons. The molecule has 1 nitrogen and oxygen atoms in total. The summed E-state index contributed by atoms with van der Waals surface area (Å²) in [4.78, 5) is 0. The zero-order valence-electron chi connectivity index (χ0n) is 35.7. The van der Waals surface area contributed by atoms with E-state index < -0.39 is 152 Å². The molecule has 0 bridgehead atoms. The lowest BCUT2D eigenvalue weighted by Crippen LogP contribution is -2.81. The van der Waals surface area contributed by atoms with Gasteiger partial charge in [-0.25, -0.2) is 87.8 Å². The van der Waals surface area contributed by atoms with E-state index in [4.69, 9.17) is 0 Å². The highest BCUT2D eigenvalue weighted by Crippen LogP contribution is 2.58. The van der Waals surface area contributed by atoms with E-state index in [1.54, 1.807) is 0 Å². The van der Waals surface area contributed by atoms with Crippen molar-refractivity contribution in [3.8, 4) is 6.07 Å². The van der Waals surface area contributed by atoms with Crippen LogP contribution in [-0.2, 0) is 6.16 Å². The van der Waals surface area contributed by atoms with Crippen molar-refractivity contribution in [3.05, 3.63) is 243 Å². The summed E-state index contributed by atoms with van der Waals surface area (Å²) in [6.07, 6.45) is -6.39. The van der Waals surface area contributed by atoms with Gasteiger partial charge < -0.3 is 0 Å². The van der Waals surface area contributed by atoms with E-state index in [1.807, 2.05) is 18.2 Å². The number of rotatable bonds is 9. The van der Waals surface area contributed by atoms with Crippen LogP contribution < -0.4 is 37.8 Å². The molecule has 0 radical (unpaired) electrons. The second-order valence-electron chi connectivity index (χ2n) is 15.5. The van der Waals surface area contributed by atoms with Crippen LogP contribution in [0, 0.1) is 128 Å². The quantitative estimate of drug-likeness (QED) is 0.0465. The van der Waals surface area contributed by atoms with Crippen molar-refractivity contribution in [2.45, 2.75) is 6.16 Å². The van der Waals surface area contributed by atoms with Crippen LogP contribution in [0.2, 0.25) is 0 Å². The molecule has 0 saturated heterocycles. The van der Waals surface area contributed by atoms with E-state index >= 15 is 35.1 Å². The molecule has 8 rings (SSSR count). The Hall–Kier alpha value is -7.66. The Balaban J connectivity index is 0.000000237. The third kappa shape index (κ3) is 8.42. The van der Waals surface area contributed by atoms with E-state index in [0.29, 0.717) is 0 Å². The highest BCUT2D eigenvalue weighted by atomic mass is 31.2. The van der Waals surface area contributed by atoms with Crippen molar-refractivity contribution in [1.29, 1.82) is 5.26 Å². The predicted octanol–water partition coefficient (Wildman–Crippen LogP) is 10.9. The number of nitrogens with zero attached hydrogens (tertiary/aromatic N) is 1. The van der Waals surface area contributed by atoms with Gasteiger partial charge in [-0.2, -0.15) is 5.26 Å². The van der Waals surface area contributed by atoms with E-state index in [-0.39, 0.29) is 0 Å². The molecule has 0 aromatic heterocycles. The molecule has 8 aromatic rings. The van der Waals surface area contributed by atoms with Crippen molar-refractivity contribution in [3.63, 3.8) is 0 Å². The third-order valence-corrected chi connectivity index (χ3v) is 16.2. The van der Waals surface area contributed by atoms with Crippen molar-refractivity contribution in [1.82, 2.24) is 0 Å². The molecule has 8 aromatic carbocycles. The summed E-state index contributed by atoms with van der Waals surface area (Å²) >= 11 is 0. The van der Waals surface area contributed by atoms with Gasteiger partial charge in [-0.05, 0) is 42.5 Å². The summed E-state index contributed by atoms with van der Waals surface area (Å²) in [7, 11) is -1.97. The first-order valence-electron chi connectivity index (χ1n) is 20.3. The number of halogens is 20. The van der Waals surface area contributed by atoms with Crippen LogP contribution >= 0.6 is 7.26 Å². The fourth-order valence-corrected chi connectivity index (χ4v) is 12.9. The zero-order valence-corrected chi connectivity index (χ0v) is 36.6. The average molecular weight is 1060 g/mol. The van der Waals surface area contributed by atoms with Crippen LogP contribution in [0.3, 0.4) is 0 Å². The summed E-state index contributed by atoms with van der Waals surface area (Å²) in [5, 5.41) is 13.7. The molecule has 0 amide bonds. The van der Waals surface area contributed by atoms with Gasteiger partial charge >= 0.3 is 0 Å². The van der Waals surface area contributed by atoms with Crippen LogP contribution in [0.4, 0.5) is 87.8 Å². The van der Waals surface area contributed by atoms with E-state index in [1.165, 1.54) is 15.9 Å². The van der Waals surface area contributed by atoms with Crippen molar-refractivity contribution >= 4 is 51.2 Å². The van der Waals surface area contributed by atoms with Gasteiger partial charge in [-0.3, -0.25) is 0 Å². The Labute approximate surface area is 398 Å². The smallest absolute Gasteiger partial charge is 0.200 e. The molecule has 23 heteroatoms. The lowest BCUT2D eigenvalue weighted by Gasteiger charge is -2.44. The van der Waals surface area contributed by atoms with Gasteiger partial charge in [0, 0.05) is 5.56 Å². The molecule has 73 heavy (non-hydrogen) atoms. The van der Waals surface area contributed by atoms with Crippen LogP contribution in [0.5, 0.6) is 0 Å². The van der Waals surface area contributed by atoms with Crippen LogP contribution in [-0.4, -0.2) is 6.15 Å².